The Bertz CT molecular complexity index is 2360. The SMILES string of the molecule is CC(C)c1cccc(C(C)C)c1N1C(=O)c2ccc3c4cccc5c(-c6ccc(Cl)cc6N=O)ccc(c6ccc(c2c36)C1=O)c54. The van der Waals surface area contributed by atoms with Gasteiger partial charge in [0, 0.05) is 27.1 Å². The lowest BCUT2D eigenvalue weighted by molar-refractivity contribution is 0.0893. The van der Waals surface area contributed by atoms with E-state index in [1.807, 2.05) is 60.7 Å². The number of benzene rings is 7. The van der Waals surface area contributed by atoms with Gasteiger partial charge in [-0.1, -0.05) is 106 Å². The van der Waals surface area contributed by atoms with Gasteiger partial charge in [-0.2, -0.15) is 0 Å². The van der Waals surface area contributed by atoms with Gasteiger partial charge in [0.15, 0.2) is 0 Å². The number of anilines is 1. The third kappa shape index (κ3) is 3.82. The summed E-state index contributed by atoms with van der Waals surface area (Å²) < 4.78 is 0. The molecule has 5 nitrogen and oxygen atoms in total. The first kappa shape index (κ1) is 28.4. The normalized spacial score (nSPS) is 13.4. The smallest absolute Gasteiger partial charge is 0.266 e. The molecule has 2 amide bonds. The zero-order chi connectivity index (χ0) is 32.0. The van der Waals surface area contributed by atoms with Gasteiger partial charge in [-0.3, -0.25) is 9.59 Å². The molecular weight excluding hydrogens is 592 g/mol. The molecule has 46 heavy (non-hydrogen) atoms. The van der Waals surface area contributed by atoms with Gasteiger partial charge in [-0.25, -0.2) is 4.90 Å². The molecule has 7 aromatic carbocycles. The van der Waals surface area contributed by atoms with E-state index in [0.29, 0.717) is 32.8 Å². The fraction of sp³-hybridized carbons (Fsp3) is 0.150. The predicted octanol–water partition coefficient (Wildman–Crippen LogP) is 11.5. The summed E-state index contributed by atoms with van der Waals surface area (Å²) in [6, 6.07) is 29.2. The molecule has 6 heteroatoms. The van der Waals surface area contributed by atoms with Crippen LogP contribution < -0.4 is 4.90 Å². The molecule has 0 radical (unpaired) electrons. The van der Waals surface area contributed by atoms with E-state index in [1.165, 1.54) is 4.90 Å². The molecular formula is C40H29ClN2O3. The lowest BCUT2D eigenvalue weighted by Gasteiger charge is -2.32. The molecule has 0 aromatic heterocycles. The Morgan fingerprint density at radius 2 is 1.07 bits per heavy atom. The zero-order valence-corrected chi connectivity index (χ0v) is 26.6. The summed E-state index contributed by atoms with van der Waals surface area (Å²) in [5.74, 6) is -0.349. The molecule has 0 saturated heterocycles. The molecule has 0 N–H and O–H groups in total. The third-order valence-electron chi connectivity index (χ3n) is 9.56. The van der Waals surface area contributed by atoms with E-state index in [4.69, 9.17) is 11.6 Å². The molecule has 0 saturated carbocycles. The Morgan fingerprint density at radius 3 is 1.65 bits per heavy atom. The van der Waals surface area contributed by atoms with Gasteiger partial charge in [0.2, 0.25) is 0 Å². The van der Waals surface area contributed by atoms with E-state index in [9.17, 15) is 14.5 Å². The minimum Gasteiger partial charge on any atom is -0.268 e. The van der Waals surface area contributed by atoms with Crippen LogP contribution >= 0.6 is 11.6 Å². The lowest BCUT2D eigenvalue weighted by Crippen LogP contribution is -2.41. The average Bonchev–Trinajstić information content (AvgIpc) is 3.06. The highest BCUT2D eigenvalue weighted by Crippen LogP contribution is 2.48. The maximum atomic E-state index is 14.5. The van der Waals surface area contributed by atoms with Crippen molar-refractivity contribution in [3.8, 4) is 11.1 Å². The fourth-order valence-electron chi connectivity index (χ4n) is 7.51. The van der Waals surface area contributed by atoms with E-state index in [2.05, 4.69) is 51.1 Å². The number of para-hydroxylation sites is 1. The van der Waals surface area contributed by atoms with E-state index in [1.54, 1.807) is 12.1 Å². The number of halogens is 1. The summed E-state index contributed by atoms with van der Waals surface area (Å²) in [6.07, 6.45) is 0. The van der Waals surface area contributed by atoms with Gasteiger partial charge in [-0.15, -0.1) is 4.91 Å². The van der Waals surface area contributed by atoms with Crippen LogP contribution in [0.25, 0.3) is 54.2 Å². The molecule has 0 bridgehead atoms. The summed E-state index contributed by atoms with van der Waals surface area (Å²) in [6.45, 7) is 8.36. The second kappa shape index (κ2) is 10.2. The van der Waals surface area contributed by atoms with Crippen LogP contribution in [0.4, 0.5) is 11.4 Å². The highest BCUT2D eigenvalue weighted by atomic mass is 35.5. The standard InChI is InChI=1S/C40H29ClN2O3/c1-20(2)23-7-5-8-24(21(3)4)38(23)43-39(44)32-17-15-30-28-10-6-9-27-25(26-12-11-22(41)19-34(26)42-46)13-14-29(35(27)28)31-16-18-33(40(43)45)37(32)36(30)31/h5-21H,1-4H3. The second-order valence-electron chi connectivity index (χ2n) is 12.8. The Hall–Kier alpha value is -5.13. The van der Waals surface area contributed by atoms with Crippen LogP contribution in [-0.4, -0.2) is 11.8 Å². The number of imide groups is 1. The Balaban J connectivity index is 1.42. The van der Waals surface area contributed by atoms with Gasteiger partial charge >= 0.3 is 0 Å². The van der Waals surface area contributed by atoms with Crippen LogP contribution in [0.2, 0.25) is 5.02 Å². The Labute approximate surface area is 270 Å². The summed E-state index contributed by atoms with van der Waals surface area (Å²) in [7, 11) is 0. The number of hydrogen-bond donors (Lipinski definition) is 0. The van der Waals surface area contributed by atoms with Gasteiger partial charge in [0.25, 0.3) is 11.8 Å². The number of rotatable bonds is 5. The first-order chi connectivity index (χ1) is 22.2. The zero-order valence-electron chi connectivity index (χ0n) is 25.8. The summed E-state index contributed by atoms with van der Waals surface area (Å²) in [5, 5.41) is 11.3. The topological polar surface area (TPSA) is 66.8 Å². The highest BCUT2D eigenvalue weighted by molar-refractivity contribution is 6.42. The van der Waals surface area contributed by atoms with E-state index < -0.39 is 0 Å². The molecule has 0 fully saturated rings. The largest absolute Gasteiger partial charge is 0.268 e. The molecule has 0 spiro atoms. The summed E-state index contributed by atoms with van der Waals surface area (Å²) >= 11 is 6.18. The number of carbonyl (C=O) groups is 2. The molecule has 7 aromatic rings. The first-order valence-electron chi connectivity index (χ1n) is 15.5. The van der Waals surface area contributed by atoms with Crippen LogP contribution in [0.1, 0.15) is 71.4 Å². The van der Waals surface area contributed by atoms with Gasteiger partial charge in [0.1, 0.15) is 5.69 Å². The van der Waals surface area contributed by atoms with Crippen LogP contribution in [-0.2, 0) is 0 Å². The van der Waals surface area contributed by atoms with Crippen molar-refractivity contribution < 1.29 is 9.59 Å². The van der Waals surface area contributed by atoms with Crippen molar-refractivity contribution in [1.29, 1.82) is 0 Å². The van der Waals surface area contributed by atoms with Crippen LogP contribution in [0, 0.1) is 4.91 Å². The number of carbonyl (C=O) groups excluding carboxylic acids is 2. The third-order valence-corrected chi connectivity index (χ3v) is 9.80. The molecule has 224 valence electrons. The monoisotopic (exact) mass is 620 g/mol. The van der Waals surface area contributed by atoms with Crippen molar-refractivity contribution >= 4 is 77.9 Å². The quantitative estimate of drug-likeness (QED) is 0.0832. The van der Waals surface area contributed by atoms with Crippen molar-refractivity contribution in [3.63, 3.8) is 0 Å². The molecule has 1 aliphatic rings. The van der Waals surface area contributed by atoms with Crippen LogP contribution in [0.5, 0.6) is 0 Å². The highest BCUT2D eigenvalue weighted by Gasteiger charge is 2.38. The van der Waals surface area contributed by atoms with Crippen molar-refractivity contribution in [1.82, 2.24) is 0 Å². The summed E-state index contributed by atoms with van der Waals surface area (Å²) in [4.78, 5) is 42.1. The molecule has 0 atom stereocenters. The molecule has 0 unspecified atom stereocenters. The maximum absolute atomic E-state index is 14.5. The van der Waals surface area contributed by atoms with Gasteiger partial charge < -0.3 is 0 Å². The van der Waals surface area contributed by atoms with Crippen molar-refractivity contribution in [2.24, 2.45) is 5.18 Å². The molecule has 1 aliphatic heterocycles. The van der Waals surface area contributed by atoms with Crippen molar-refractivity contribution in [3.05, 3.63) is 123 Å². The number of nitrogens with zero attached hydrogens (tertiary/aromatic N) is 2. The minimum atomic E-state index is -0.299. The van der Waals surface area contributed by atoms with Gasteiger partial charge in [-0.05, 0) is 95.7 Å². The number of nitroso groups, excluding NO2 is 1. The van der Waals surface area contributed by atoms with E-state index in [0.717, 1.165) is 54.4 Å². The average molecular weight is 621 g/mol. The minimum absolute atomic E-state index is 0.124. The Morgan fingerprint density at radius 1 is 0.565 bits per heavy atom. The van der Waals surface area contributed by atoms with E-state index in [-0.39, 0.29) is 29.3 Å². The number of fused-ring (bicyclic) bond motifs is 2. The molecule has 8 rings (SSSR count). The number of amides is 2. The number of hydrogen-bond acceptors (Lipinski definition) is 4. The maximum Gasteiger partial charge on any atom is 0.266 e. The summed E-state index contributed by atoms with van der Waals surface area (Å²) in [5.41, 5.74) is 5.58. The molecule has 0 aliphatic carbocycles. The van der Waals surface area contributed by atoms with Crippen molar-refractivity contribution in [2.45, 2.75) is 39.5 Å². The van der Waals surface area contributed by atoms with Crippen LogP contribution in [0.15, 0.2) is 96.2 Å². The molecule has 1 heterocycles. The van der Waals surface area contributed by atoms with Crippen molar-refractivity contribution in [2.75, 3.05) is 4.90 Å². The second-order valence-corrected chi connectivity index (χ2v) is 13.2. The predicted molar refractivity (Wildman–Crippen MR) is 189 cm³/mol. The lowest BCUT2D eigenvalue weighted by atomic mass is 9.83. The van der Waals surface area contributed by atoms with Crippen LogP contribution in [0.3, 0.4) is 0 Å². The fourth-order valence-corrected chi connectivity index (χ4v) is 7.67. The van der Waals surface area contributed by atoms with Gasteiger partial charge in [0.05, 0.1) is 5.69 Å². The first-order valence-corrected chi connectivity index (χ1v) is 15.9. The van der Waals surface area contributed by atoms with E-state index >= 15 is 0 Å². The Kier molecular flexibility index (Phi) is 6.28.